The summed E-state index contributed by atoms with van der Waals surface area (Å²) in [4.78, 5) is 52.5. The molecule has 0 aromatic heterocycles. The van der Waals surface area contributed by atoms with E-state index in [9.17, 15) is 24.3 Å². The van der Waals surface area contributed by atoms with Gasteiger partial charge in [-0.2, -0.15) is 0 Å². The summed E-state index contributed by atoms with van der Waals surface area (Å²) < 4.78 is 0. The van der Waals surface area contributed by atoms with Gasteiger partial charge in [0.15, 0.2) is 0 Å². The number of carboxylic acid groups (broad SMARTS) is 1. The van der Waals surface area contributed by atoms with Crippen molar-refractivity contribution in [3.8, 4) is 0 Å². The molecular formula is C19H23N3O5. The van der Waals surface area contributed by atoms with Crippen LogP contribution in [0.5, 0.6) is 0 Å². The molecule has 27 heavy (non-hydrogen) atoms. The second-order valence-corrected chi connectivity index (χ2v) is 7.39. The topological polar surface area (TPSA) is 107 Å². The number of hydrogen-bond acceptors (Lipinski definition) is 4. The molecular weight excluding hydrogens is 350 g/mol. The van der Waals surface area contributed by atoms with Gasteiger partial charge in [0, 0.05) is 6.42 Å². The van der Waals surface area contributed by atoms with Gasteiger partial charge in [-0.3, -0.25) is 19.3 Å². The Morgan fingerprint density at radius 1 is 1.30 bits per heavy atom. The fraction of sp³-hybridized carbons (Fsp3) is 0.474. The third-order valence-electron chi connectivity index (χ3n) is 5.64. The first-order valence-corrected chi connectivity index (χ1v) is 8.92. The average Bonchev–Trinajstić information content (AvgIpc) is 2.94. The van der Waals surface area contributed by atoms with E-state index in [-0.39, 0.29) is 31.2 Å². The van der Waals surface area contributed by atoms with Crippen LogP contribution < -0.4 is 10.2 Å². The Bertz CT molecular complexity index is 838. The Morgan fingerprint density at radius 2 is 1.96 bits per heavy atom. The number of nitrogens with zero attached hydrogens (tertiary/aromatic N) is 2. The highest BCUT2D eigenvalue weighted by atomic mass is 16.4. The zero-order valence-corrected chi connectivity index (χ0v) is 15.6. The lowest BCUT2D eigenvalue weighted by atomic mass is 9.97. The lowest BCUT2D eigenvalue weighted by molar-refractivity contribution is -0.147. The van der Waals surface area contributed by atoms with Crippen molar-refractivity contribution in [3.05, 3.63) is 29.8 Å². The van der Waals surface area contributed by atoms with Crippen molar-refractivity contribution in [1.29, 1.82) is 0 Å². The van der Waals surface area contributed by atoms with E-state index in [1.165, 1.54) is 11.8 Å². The highest BCUT2D eigenvalue weighted by molar-refractivity contribution is 6.11. The standard InChI is InChI=1S/C19H23N3O5/c1-4-18(2,17(26)27)20-14(23)11-21-16(25)12-7-5-6-8-13(12)22-15(24)9-10-19(21,22)3/h5-8H,4,9-11H2,1-3H3,(H,20,23)(H,26,27). The van der Waals surface area contributed by atoms with Crippen molar-refractivity contribution >= 4 is 29.4 Å². The van der Waals surface area contributed by atoms with E-state index in [4.69, 9.17) is 0 Å². The maximum atomic E-state index is 13.1. The fourth-order valence-corrected chi connectivity index (χ4v) is 3.73. The van der Waals surface area contributed by atoms with E-state index in [1.807, 2.05) is 0 Å². The van der Waals surface area contributed by atoms with Gasteiger partial charge in [-0.25, -0.2) is 4.79 Å². The largest absolute Gasteiger partial charge is 0.480 e. The van der Waals surface area contributed by atoms with Gasteiger partial charge < -0.3 is 15.3 Å². The summed E-state index contributed by atoms with van der Waals surface area (Å²) >= 11 is 0. The van der Waals surface area contributed by atoms with Crippen LogP contribution in [-0.2, 0) is 14.4 Å². The first-order valence-electron chi connectivity index (χ1n) is 8.92. The Balaban J connectivity index is 1.94. The van der Waals surface area contributed by atoms with E-state index in [0.717, 1.165) is 0 Å². The van der Waals surface area contributed by atoms with Crippen molar-refractivity contribution in [2.45, 2.75) is 51.2 Å². The van der Waals surface area contributed by atoms with Crippen LogP contribution in [0.2, 0.25) is 0 Å². The number of fused-ring (bicyclic) bond motifs is 3. The van der Waals surface area contributed by atoms with E-state index in [1.54, 1.807) is 43.0 Å². The quantitative estimate of drug-likeness (QED) is 0.810. The normalized spacial score (nSPS) is 23.5. The second kappa shape index (κ2) is 6.37. The summed E-state index contributed by atoms with van der Waals surface area (Å²) in [7, 11) is 0. The fourth-order valence-electron chi connectivity index (χ4n) is 3.73. The van der Waals surface area contributed by atoms with E-state index < -0.39 is 23.1 Å². The number of carboxylic acids is 1. The molecule has 1 aromatic rings. The van der Waals surface area contributed by atoms with E-state index in [2.05, 4.69) is 5.32 Å². The number of rotatable bonds is 5. The van der Waals surface area contributed by atoms with Crippen molar-refractivity contribution in [2.24, 2.45) is 0 Å². The summed E-state index contributed by atoms with van der Waals surface area (Å²) in [5.41, 5.74) is -1.46. The van der Waals surface area contributed by atoms with Gasteiger partial charge >= 0.3 is 5.97 Å². The van der Waals surface area contributed by atoms with Gasteiger partial charge in [0.25, 0.3) is 5.91 Å². The molecule has 144 valence electrons. The molecule has 2 aliphatic heterocycles. The first kappa shape index (κ1) is 18.9. The third-order valence-corrected chi connectivity index (χ3v) is 5.64. The lowest BCUT2D eigenvalue weighted by Crippen LogP contribution is -2.65. The van der Waals surface area contributed by atoms with Gasteiger partial charge in [-0.1, -0.05) is 19.1 Å². The van der Waals surface area contributed by atoms with Crippen LogP contribution in [0.25, 0.3) is 0 Å². The first-order chi connectivity index (χ1) is 12.6. The van der Waals surface area contributed by atoms with Gasteiger partial charge in [-0.05, 0) is 38.8 Å². The number of carbonyl (C=O) groups excluding carboxylic acids is 3. The number of para-hydroxylation sites is 1. The second-order valence-electron chi connectivity index (χ2n) is 7.39. The molecule has 2 atom stereocenters. The molecule has 2 N–H and O–H groups in total. The predicted molar refractivity (Wildman–Crippen MR) is 97.1 cm³/mol. The molecule has 2 unspecified atom stereocenters. The molecule has 1 aromatic carbocycles. The number of amides is 3. The molecule has 3 rings (SSSR count). The number of hydrogen-bond donors (Lipinski definition) is 2. The zero-order valence-electron chi connectivity index (χ0n) is 15.6. The summed E-state index contributed by atoms with van der Waals surface area (Å²) in [6, 6.07) is 6.82. The predicted octanol–water partition coefficient (Wildman–Crippen LogP) is 1.35. The Morgan fingerprint density at radius 3 is 2.59 bits per heavy atom. The van der Waals surface area contributed by atoms with E-state index in [0.29, 0.717) is 17.7 Å². The average molecular weight is 373 g/mol. The summed E-state index contributed by atoms with van der Waals surface area (Å²) in [5, 5.41) is 11.9. The van der Waals surface area contributed by atoms with Gasteiger partial charge in [0.2, 0.25) is 11.8 Å². The van der Waals surface area contributed by atoms with Crippen LogP contribution in [0, 0.1) is 0 Å². The number of carbonyl (C=O) groups is 4. The number of nitrogens with one attached hydrogen (secondary N) is 1. The smallest absolute Gasteiger partial charge is 0.329 e. The third kappa shape index (κ3) is 2.85. The molecule has 3 amide bonds. The van der Waals surface area contributed by atoms with Gasteiger partial charge in [0.1, 0.15) is 17.7 Å². The number of anilines is 1. The van der Waals surface area contributed by atoms with Crippen molar-refractivity contribution in [2.75, 3.05) is 11.4 Å². The molecule has 0 radical (unpaired) electrons. The van der Waals surface area contributed by atoms with Gasteiger partial charge in [-0.15, -0.1) is 0 Å². The van der Waals surface area contributed by atoms with Crippen molar-refractivity contribution in [3.63, 3.8) is 0 Å². The van der Waals surface area contributed by atoms with Crippen molar-refractivity contribution < 1.29 is 24.3 Å². The molecule has 1 fully saturated rings. The maximum Gasteiger partial charge on any atom is 0.329 e. The number of aliphatic carboxylic acids is 1. The van der Waals surface area contributed by atoms with Crippen LogP contribution >= 0.6 is 0 Å². The van der Waals surface area contributed by atoms with Crippen LogP contribution in [0.1, 0.15) is 50.4 Å². The molecule has 0 spiro atoms. The maximum absolute atomic E-state index is 13.1. The van der Waals surface area contributed by atoms with Gasteiger partial charge in [0.05, 0.1) is 11.3 Å². The van der Waals surface area contributed by atoms with Crippen LogP contribution in [0.4, 0.5) is 5.69 Å². The number of benzene rings is 1. The van der Waals surface area contributed by atoms with E-state index >= 15 is 0 Å². The van der Waals surface area contributed by atoms with Crippen molar-refractivity contribution in [1.82, 2.24) is 10.2 Å². The Hall–Kier alpha value is -2.90. The molecule has 0 saturated carbocycles. The summed E-state index contributed by atoms with van der Waals surface area (Å²) in [5.74, 6) is -2.16. The SMILES string of the molecule is CCC(C)(NC(=O)CN1C(=O)c2ccccc2N2C(=O)CCC12C)C(=O)O. The van der Waals surface area contributed by atoms with Crippen LogP contribution in [0.15, 0.2) is 24.3 Å². The lowest BCUT2D eigenvalue weighted by Gasteiger charge is -2.48. The molecule has 0 aliphatic carbocycles. The van der Waals surface area contributed by atoms with Crippen LogP contribution in [0.3, 0.4) is 0 Å². The minimum absolute atomic E-state index is 0.105. The highest BCUT2D eigenvalue weighted by Gasteiger charge is 2.53. The minimum Gasteiger partial charge on any atom is -0.480 e. The van der Waals surface area contributed by atoms with Crippen LogP contribution in [-0.4, -0.2) is 51.4 Å². The molecule has 8 nitrogen and oxygen atoms in total. The monoisotopic (exact) mass is 373 g/mol. The molecule has 1 saturated heterocycles. The molecule has 2 aliphatic rings. The summed E-state index contributed by atoms with van der Waals surface area (Å²) in [6.45, 7) is 4.52. The summed E-state index contributed by atoms with van der Waals surface area (Å²) in [6.07, 6.45) is 0.883. The highest BCUT2D eigenvalue weighted by Crippen LogP contribution is 2.43. The zero-order chi connectivity index (χ0) is 20.0. The Kier molecular flexibility index (Phi) is 4.45. The minimum atomic E-state index is -1.42. The molecule has 8 heteroatoms. The molecule has 2 heterocycles. The Labute approximate surface area is 157 Å². The molecule has 0 bridgehead atoms.